The van der Waals surface area contributed by atoms with E-state index in [0.717, 1.165) is 50.5 Å². The molecule has 9 heteroatoms. The summed E-state index contributed by atoms with van der Waals surface area (Å²) in [4.78, 5) is 17.7. The molecule has 1 amide bonds. The Hall–Kier alpha value is -1.20. The van der Waals surface area contributed by atoms with Gasteiger partial charge in [-0.15, -0.1) is 0 Å². The van der Waals surface area contributed by atoms with Crippen LogP contribution in [0.1, 0.15) is 62.1 Å². The predicted octanol–water partition coefficient (Wildman–Crippen LogP) is 3.55. The molecular formula is C24H35IN4O3S. The maximum Gasteiger partial charge on any atom is 0.253 e. The average Bonchev–Trinajstić information content (AvgIpc) is 3.08. The van der Waals surface area contributed by atoms with E-state index < -0.39 is 15.6 Å². The van der Waals surface area contributed by atoms with Crippen molar-refractivity contribution in [3.8, 4) is 0 Å². The number of aryl methyl sites for hydroxylation is 1. The lowest BCUT2D eigenvalue weighted by atomic mass is 9.82. The van der Waals surface area contributed by atoms with E-state index in [4.69, 9.17) is 10.7 Å². The number of carbonyl (C=O) groups excluding carboxylic acids is 1. The van der Waals surface area contributed by atoms with Crippen molar-refractivity contribution >= 4 is 50.0 Å². The van der Waals surface area contributed by atoms with Gasteiger partial charge in [0.1, 0.15) is 11.4 Å². The van der Waals surface area contributed by atoms with Gasteiger partial charge in [0, 0.05) is 28.3 Å². The zero-order valence-electron chi connectivity index (χ0n) is 19.8. The first kappa shape index (κ1) is 24.9. The second-order valence-corrected chi connectivity index (χ2v) is 13.3. The van der Waals surface area contributed by atoms with E-state index in [1.807, 2.05) is 19.9 Å². The van der Waals surface area contributed by atoms with Gasteiger partial charge >= 0.3 is 0 Å². The van der Waals surface area contributed by atoms with Crippen LogP contribution >= 0.6 is 22.6 Å². The fourth-order valence-corrected chi connectivity index (χ4v) is 7.46. The number of amides is 1. The summed E-state index contributed by atoms with van der Waals surface area (Å²) in [7, 11) is -3.42. The van der Waals surface area contributed by atoms with E-state index in [0.29, 0.717) is 38.3 Å². The number of nitrogen functional groups attached to an aromatic ring is 1. The quantitative estimate of drug-likeness (QED) is 0.407. The molecule has 1 aliphatic carbocycles. The summed E-state index contributed by atoms with van der Waals surface area (Å²) in [5, 5.41) is 3.05. The van der Waals surface area contributed by atoms with Gasteiger partial charge in [-0.25, -0.2) is 12.7 Å². The van der Waals surface area contributed by atoms with Crippen LogP contribution in [0.5, 0.6) is 0 Å². The summed E-state index contributed by atoms with van der Waals surface area (Å²) < 4.78 is 28.8. The van der Waals surface area contributed by atoms with Crippen molar-refractivity contribution < 1.29 is 13.2 Å². The summed E-state index contributed by atoms with van der Waals surface area (Å²) in [6.45, 7) is 6.93. The molecule has 33 heavy (non-hydrogen) atoms. The molecule has 0 unspecified atom stereocenters. The van der Waals surface area contributed by atoms with Crippen LogP contribution in [0.15, 0.2) is 11.1 Å². The van der Waals surface area contributed by atoms with Crippen molar-refractivity contribution in [1.82, 2.24) is 9.62 Å². The van der Waals surface area contributed by atoms with E-state index in [1.165, 1.54) is 12.8 Å². The van der Waals surface area contributed by atoms with Crippen molar-refractivity contribution in [2.75, 3.05) is 24.6 Å². The summed E-state index contributed by atoms with van der Waals surface area (Å²) in [5.41, 5.74) is 9.13. The molecule has 1 spiro atoms. The zero-order valence-corrected chi connectivity index (χ0v) is 22.8. The zero-order chi connectivity index (χ0) is 24.0. The normalized spacial score (nSPS) is 25.8. The molecule has 182 valence electrons. The number of nitrogens with zero attached hydrogens (tertiary/aromatic N) is 2. The van der Waals surface area contributed by atoms with Gasteiger partial charge in [0.05, 0.1) is 5.75 Å². The molecule has 0 radical (unpaired) electrons. The van der Waals surface area contributed by atoms with Gasteiger partial charge in [0.25, 0.3) is 5.91 Å². The van der Waals surface area contributed by atoms with Crippen LogP contribution < -0.4 is 11.1 Å². The molecule has 0 atom stereocenters. The number of sulfonamides is 1. The molecular weight excluding hydrogens is 551 g/mol. The molecule has 1 aromatic carbocycles. The highest BCUT2D eigenvalue weighted by Crippen LogP contribution is 2.36. The Balaban J connectivity index is 1.40. The lowest BCUT2D eigenvalue weighted by Gasteiger charge is -2.34. The van der Waals surface area contributed by atoms with Crippen LogP contribution in [-0.4, -0.2) is 48.8 Å². The van der Waals surface area contributed by atoms with Crippen LogP contribution in [0.2, 0.25) is 0 Å². The number of aliphatic imine (C=N–C) groups is 1. The van der Waals surface area contributed by atoms with Gasteiger partial charge in [-0.05, 0) is 97.2 Å². The Kier molecular flexibility index (Phi) is 7.13. The van der Waals surface area contributed by atoms with E-state index in [1.54, 1.807) is 4.31 Å². The Morgan fingerprint density at radius 2 is 1.85 bits per heavy atom. The first-order valence-corrected chi connectivity index (χ1v) is 14.6. The second kappa shape index (κ2) is 9.45. The average molecular weight is 587 g/mol. The van der Waals surface area contributed by atoms with Crippen molar-refractivity contribution in [2.24, 2.45) is 16.8 Å². The van der Waals surface area contributed by atoms with Crippen LogP contribution in [0.4, 0.5) is 5.69 Å². The van der Waals surface area contributed by atoms with Gasteiger partial charge in [-0.2, -0.15) is 0 Å². The van der Waals surface area contributed by atoms with Gasteiger partial charge in [-0.3, -0.25) is 9.79 Å². The molecule has 3 aliphatic rings. The summed E-state index contributed by atoms with van der Waals surface area (Å²) >= 11 is 2.22. The molecule has 2 aliphatic heterocycles. The topological polar surface area (TPSA) is 105 Å². The van der Waals surface area contributed by atoms with Crippen LogP contribution in [0.25, 0.3) is 0 Å². The van der Waals surface area contributed by atoms with E-state index in [2.05, 4.69) is 34.8 Å². The molecule has 2 fully saturated rings. The maximum atomic E-state index is 13.1. The minimum absolute atomic E-state index is 0.0455. The van der Waals surface area contributed by atoms with Crippen LogP contribution in [0.3, 0.4) is 0 Å². The minimum atomic E-state index is -3.42. The number of benzene rings is 1. The summed E-state index contributed by atoms with van der Waals surface area (Å²) in [5.74, 6) is 1.93. The second-order valence-electron chi connectivity index (χ2n) is 10.1. The van der Waals surface area contributed by atoms with Crippen LogP contribution in [-0.2, 0) is 21.2 Å². The number of amidine groups is 1. The SMILES string of the molecule is Cc1cc(N)c(I)c(C)c1CCS(=O)(=O)N1CCC2(CC1)N=C(C1CCC(C)CC1)NC2=O. The number of nitrogens with two attached hydrogens (primary N) is 1. The van der Waals surface area contributed by atoms with Crippen molar-refractivity contribution in [2.45, 2.75) is 71.3 Å². The molecule has 0 bridgehead atoms. The standard InChI is InChI=1S/C24H35IN4O3S/c1-15-4-6-18(7-5-15)22-27-23(30)24(28-22)9-11-29(12-10-24)33(31,32)13-8-19-16(2)14-20(26)21(25)17(19)3/h14-15,18H,4-13,26H2,1-3H3,(H,27,28,30). The predicted molar refractivity (Wildman–Crippen MR) is 141 cm³/mol. The van der Waals surface area contributed by atoms with Crippen molar-refractivity contribution in [3.05, 3.63) is 26.3 Å². The number of hydrogen-bond donors (Lipinski definition) is 2. The van der Waals surface area contributed by atoms with Gasteiger partial charge < -0.3 is 11.1 Å². The molecule has 0 aromatic heterocycles. The highest BCUT2D eigenvalue weighted by atomic mass is 127. The number of halogens is 1. The third-order valence-electron chi connectivity index (χ3n) is 7.84. The fraction of sp³-hybridized carbons (Fsp3) is 0.667. The van der Waals surface area contributed by atoms with Crippen molar-refractivity contribution in [3.63, 3.8) is 0 Å². The monoisotopic (exact) mass is 586 g/mol. The van der Waals surface area contributed by atoms with E-state index >= 15 is 0 Å². The maximum absolute atomic E-state index is 13.1. The highest BCUT2D eigenvalue weighted by Gasteiger charge is 2.48. The Bertz CT molecular complexity index is 1070. The first-order valence-electron chi connectivity index (χ1n) is 12.0. The van der Waals surface area contributed by atoms with Crippen LogP contribution in [0, 0.1) is 29.3 Å². The van der Waals surface area contributed by atoms with E-state index in [9.17, 15) is 13.2 Å². The lowest BCUT2D eigenvalue weighted by Crippen LogP contribution is -2.51. The highest BCUT2D eigenvalue weighted by molar-refractivity contribution is 14.1. The Labute approximate surface area is 211 Å². The molecule has 1 aromatic rings. The first-order chi connectivity index (χ1) is 15.5. The van der Waals surface area contributed by atoms with Gasteiger partial charge in [-0.1, -0.05) is 19.8 Å². The summed E-state index contributed by atoms with van der Waals surface area (Å²) in [6, 6.07) is 1.92. The summed E-state index contributed by atoms with van der Waals surface area (Å²) in [6.07, 6.45) is 5.83. The molecule has 4 rings (SSSR count). The Morgan fingerprint density at radius 3 is 2.48 bits per heavy atom. The number of hydrogen-bond acceptors (Lipinski definition) is 5. The largest absolute Gasteiger partial charge is 0.398 e. The molecule has 7 nitrogen and oxygen atoms in total. The smallest absolute Gasteiger partial charge is 0.253 e. The lowest BCUT2D eigenvalue weighted by molar-refractivity contribution is -0.125. The fourth-order valence-electron chi connectivity index (χ4n) is 5.52. The molecule has 2 heterocycles. The minimum Gasteiger partial charge on any atom is -0.398 e. The molecule has 1 saturated carbocycles. The number of piperidine rings is 1. The third-order valence-corrected chi connectivity index (χ3v) is 11.1. The van der Waals surface area contributed by atoms with E-state index in [-0.39, 0.29) is 11.7 Å². The number of rotatable bonds is 5. The Morgan fingerprint density at radius 1 is 1.21 bits per heavy atom. The third kappa shape index (κ3) is 4.96. The molecule has 3 N–H and O–H groups in total. The van der Waals surface area contributed by atoms with Gasteiger partial charge in [0.15, 0.2) is 0 Å². The number of anilines is 1. The molecule has 1 saturated heterocycles. The number of carbonyl (C=O) groups is 1. The van der Waals surface area contributed by atoms with Crippen molar-refractivity contribution in [1.29, 1.82) is 0 Å². The number of nitrogens with one attached hydrogen (secondary N) is 1. The van der Waals surface area contributed by atoms with Gasteiger partial charge in [0.2, 0.25) is 10.0 Å².